The molecule has 2 aromatic carbocycles. The lowest BCUT2D eigenvalue weighted by atomic mass is 10.0. The van der Waals surface area contributed by atoms with Crippen LogP contribution >= 0.6 is 9.24 Å². The predicted octanol–water partition coefficient (Wildman–Crippen LogP) is 4.51. The van der Waals surface area contributed by atoms with Gasteiger partial charge in [0.05, 0.1) is 32.0 Å². The number of rotatable bonds is 10. The van der Waals surface area contributed by atoms with Crippen molar-refractivity contribution < 1.29 is 55.2 Å². The van der Waals surface area contributed by atoms with Crippen LogP contribution in [0.3, 0.4) is 0 Å². The molecule has 2 fully saturated rings. The molecule has 278 valence electrons. The average Bonchev–Trinajstić information content (AvgIpc) is 3.06. The van der Waals surface area contributed by atoms with E-state index in [0.717, 1.165) is 16.8 Å². The second-order valence-corrected chi connectivity index (χ2v) is 12.1. The van der Waals surface area contributed by atoms with E-state index in [-0.39, 0.29) is 29.8 Å². The Kier molecular flexibility index (Phi) is 13.9. The molecule has 0 bridgehead atoms. The van der Waals surface area contributed by atoms with Crippen molar-refractivity contribution in [2.24, 2.45) is 7.05 Å². The largest absolute Gasteiger partial charge is 0.480 e. The number of ether oxygens (including phenoxy) is 3. The molecule has 0 radical (unpaired) electrons. The number of carbonyl (C=O) groups excluding carboxylic acids is 1. The fraction of sp³-hybridized carbons (Fsp3) is 0.424. The topological polar surface area (TPSA) is 123 Å². The normalized spacial score (nSPS) is 15.9. The Labute approximate surface area is 291 Å². The zero-order chi connectivity index (χ0) is 37.3. The smallest absolute Gasteiger partial charge is 0.420 e. The Morgan fingerprint density at radius 1 is 1.02 bits per heavy atom. The summed E-state index contributed by atoms with van der Waals surface area (Å²) >= 11 is 0. The van der Waals surface area contributed by atoms with Gasteiger partial charge in [-0.1, -0.05) is 21.4 Å². The second-order valence-electron chi connectivity index (χ2n) is 11.6. The Bertz CT molecular complexity index is 1730. The number of morpholine rings is 2. The van der Waals surface area contributed by atoms with Gasteiger partial charge in [0, 0.05) is 58.1 Å². The molecule has 3 heterocycles. The van der Waals surface area contributed by atoms with Crippen LogP contribution < -0.4 is 20.5 Å². The molecule has 2 aliphatic rings. The van der Waals surface area contributed by atoms with Crippen molar-refractivity contribution in [2.75, 3.05) is 57.5 Å². The minimum atomic E-state index is -4.87. The zero-order valence-corrected chi connectivity index (χ0v) is 28.6. The number of hydrogen-bond acceptors (Lipinski definition) is 8. The number of halogens is 6. The molecule has 11 nitrogen and oxygen atoms in total. The van der Waals surface area contributed by atoms with Crippen LogP contribution in [0.5, 0.6) is 11.5 Å². The average molecular weight is 747 g/mol. The minimum Gasteiger partial charge on any atom is -0.480 e. The van der Waals surface area contributed by atoms with Crippen molar-refractivity contribution >= 4 is 26.8 Å². The molecule has 18 heteroatoms. The first kappa shape index (κ1) is 39.6. The van der Waals surface area contributed by atoms with Gasteiger partial charge < -0.3 is 34.1 Å². The maximum Gasteiger partial charge on any atom is 0.420 e. The van der Waals surface area contributed by atoms with E-state index >= 15 is 4.39 Å². The van der Waals surface area contributed by atoms with Gasteiger partial charge in [-0.3, -0.25) is 14.5 Å². The number of hydrogen-bond donors (Lipinski definition) is 2. The van der Waals surface area contributed by atoms with E-state index in [9.17, 15) is 41.4 Å². The van der Waals surface area contributed by atoms with Crippen LogP contribution in [-0.2, 0) is 40.5 Å². The van der Waals surface area contributed by atoms with Crippen LogP contribution in [0, 0.1) is 5.82 Å². The van der Waals surface area contributed by atoms with E-state index in [1.165, 1.54) is 46.6 Å². The van der Waals surface area contributed by atoms with Crippen molar-refractivity contribution in [1.82, 2.24) is 14.8 Å². The van der Waals surface area contributed by atoms with E-state index in [2.05, 4.69) is 5.32 Å². The first-order valence-electron chi connectivity index (χ1n) is 15.7. The lowest BCUT2D eigenvalue weighted by molar-refractivity contribution is -0.139. The summed E-state index contributed by atoms with van der Waals surface area (Å²) in [6.45, 7) is 4.37. The number of aryl methyl sites for hydroxylation is 1. The molecule has 3 aromatic rings. The summed E-state index contributed by atoms with van der Waals surface area (Å²) in [5.41, 5.74) is -1.33. The molecule has 51 heavy (non-hydrogen) atoms. The molecular formula is C33H37F6N4O7P. The lowest BCUT2D eigenvalue weighted by Crippen LogP contribution is -2.43. The molecule has 0 spiro atoms. The summed E-state index contributed by atoms with van der Waals surface area (Å²) in [5.74, 6) is -4.24. The number of aliphatic carboxylic acids is 1. The minimum absolute atomic E-state index is 0.149. The molecule has 0 saturated carbocycles. The van der Waals surface area contributed by atoms with E-state index in [1.54, 1.807) is 6.07 Å². The van der Waals surface area contributed by atoms with Crippen molar-refractivity contribution in [1.29, 1.82) is 0 Å². The predicted molar refractivity (Wildman–Crippen MR) is 177 cm³/mol. The fourth-order valence-electron chi connectivity index (χ4n) is 5.48. The summed E-state index contributed by atoms with van der Waals surface area (Å²) in [6, 6.07) is 7.66. The summed E-state index contributed by atoms with van der Waals surface area (Å²) in [6.07, 6.45) is -6.46. The van der Waals surface area contributed by atoms with Crippen molar-refractivity contribution in [2.45, 2.75) is 31.4 Å². The standard InChI is InChI=1S/C32H34F4N4O7.CH3F2P/c1-38-6-5-24(32(34,35)36)28(30(38)42)47-23-4-2-3-20(15-23)16-26(31(43)44)37-29(41)27-21(19-39-7-11-45-12-8-39)17-22(18-25(27)33)40-9-13-46-14-10-40;2-1(3)4/h2-6,15,17-18,26H,7-14,16,19H2,1H3,(H,37,41)(H,43,44);1H,4H2. The molecular weight excluding hydrogens is 709 g/mol. The molecule has 2 atom stereocenters. The highest BCUT2D eigenvalue weighted by Crippen LogP contribution is 2.36. The molecule has 2 saturated heterocycles. The number of carboxylic acids is 1. The Morgan fingerprint density at radius 2 is 1.65 bits per heavy atom. The van der Waals surface area contributed by atoms with Crippen LogP contribution in [0.15, 0.2) is 53.5 Å². The fourth-order valence-corrected chi connectivity index (χ4v) is 5.48. The highest BCUT2D eigenvalue weighted by molar-refractivity contribution is 7.16. The maximum absolute atomic E-state index is 15.8. The van der Waals surface area contributed by atoms with Crippen LogP contribution in [-0.4, -0.2) is 91.3 Å². The number of benzene rings is 2. The Hall–Kier alpha value is -4.18. The Morgan fingerprint density at radius 3 is 2.25 bits per heavy atom. The summed E-state index contributed by atoms with van der Waals surface area (Å²) in [5, 5.41) is 12.4. The molecule has 2 unspecified atom stereocenters. The number of carboxylic acid groups (broad SMARTS) is 1. The number of anilines is 1. The SMILES string of the molecule is Cn1ccc(C(F)(F)F)c(Oc2cccc(CC(NC(=O)c3c(F)cc(N4CCOCC4)cc3CN3CCOCC3)C(=O)O)c2)c1=O.FC(F)P. The van der Waals surface area contributed by atoms with Crippen molar-refractivity contribution in [3.05, 3.63) is 87.1 Å². The van der Waals surface area contributed by atoms with Gasteiger partial charge in [0.15, 0.2) is 0 Å². The molecule has 1 amide bonds. The third-order valence-corrected chi connectivity index (χ3v) is 7.95. The van der Waals surface area contributed by atoms with Crippen LogP contribution in [0.2, 0.25) is 0 Å². The van der Waals surface area contributed by atoms with Crippen LogP contribution in [0.25, 0.3) is 0 Å². The van der Waals surface area contributed by atoms with E-state index in [4.69, 9.17) is 14.2 Å². The first-order chi connectivity index (χ1) is 24.1. The quantitative estimate of drug-likeness (QED) is 0.228. The van der Waals surface area contributed by atoms with Crippen molar-refractivity contribution in [3.8, 4) is 11.5 Å². The van der Waals surface area contributed by atoms with Crippen molar-refractivity contribution in [3.63, 3.8) is 0 Å². The van der Waals surface area contributed by atoms with Gasteiger partial charge in [-0.15, -0.1) is 0 Å². The first-order valence-corrected chi connectivity index (χ1v) is 16.4. The van der Waals surface area contributed by atoms with E-state index in [1.807, 2.05) is 9.80 Å². The number of pyridine rings is 1. The number of nitrogens with one attached hydrogen (secondary N) is 1. The number of alkyl halides is 5. The summed E-state index contributed by atoms with van der Waals surface area (Å²) in [4.78, 5) is 42.3. The second kappa shape index (κ2) is 17.8. The van der Waals surface area contributed by atoms with Crippen LogP contribution in [0.1, 0.15) is 27.0 Å². The summed E-state index contributed by atoms with van der Waals surface area (Å²) in [7, 11) is 2.60. The lowest BCUT2D eigenvalue weighted by Gasteiger charge is -2.31. The number of carbonyl (C=O) groups is 2. The number of aromatic nitrogens is 1. The molecule has 5 rings (SSSR count). The van der Waals surface area contributed by atoms with Gasteiger partial charge in [-0.2, -0.15) is 13.2 Å². The molecule has 2 aliphatic heterocycles. The third-order valence-electron chi connectivity index (χ3n) is 7.95. The van der Waals surface area contributed by atoms with Gasteiger partial charge in [0.1, 0.15) is 23.2 Å². The molecule has 1 aromatic heterocycles. The van der Waals surface area contributed by atoms with Gasteiger partial charge >= 0.3 is 12.1 Å². The third kappa shape index (κ3) is 11.2. The van der Waals surface area contributed by atoms with Crippen LogP contribution in [0.4, 0.5) is 32.0 Å². The van der Waals surface area contributed by atoms with Gasteiger partial charge in [0.25, 0.3) is 11.5 Å². The van der Waals surface area contributed by atoms with Gasteiger partial charge in [-0.25, -0.2) is 18.0 Å². The van der Waals surface area contributed by atoms with E-state index < -0.39 is 53.0 Å². The highest BCUT2D eigenvalue weighted by atomic mass is 31.0. The summed E-state index contributed by atoms with van der Waals surface area (Å²) < 4.78 is 94.3. The van der Waals surface area contributed by atoms with E-state index in [0.29, 0.717) is 63.9 Å². The number of amides is 1. The zero-order valence-electron chi connectivity index (χ0n) is 27.4. The Balaban J connectivity index is 0.00000138. The van der Waals surface area contributed by atoms with Gasteiger partial charge in [0.2, 0.25) is 11.9 Å². The number of nitrogens with zero attached hydrogens (tertiary/aromatic N) is 3. The molecule has 0 aliphatic carbocycles. The molecule has 2 N–H and O–H groups in total. The highest BCUT2D eigenvalue weighted by Gasteiger charge is 2.36. The maximum atomic E-state index is 15.8. The van der Waals surface area contributed by atoms with Gasteiger partial charge in [-0.05, 0) is 41.5 Å². The monoisotopic (exact) mass is 746 g/mol.